The van der Waals surface area contributed by atoms with Crippen LogP contribution < -0.4 is 0 Å². The number of carbonyl (C=O) groups excluding carboxylic acids is 1. The Kier molecular flexibility index (Phi) is 36.1. The van der Waals surface area contributed by atoms with E-state index < -0.39 is 80.7 Å². The van der Waals surface area contributed by atoms with Crippen molar-refractivity contribution in [3.05, 3.63) is 24.3 Å². The number of esters is 1. The molecule has 0 saturated carbocycles. The first-order valence-electron chi connectivity index (χ1n) is 25.9. The maximum absolute atomic E-state index is 13.0. The zero-order chi connectivity index (χ0) is 47.3. The molecule has 0 aliphatic carbocycles. The van der Waals surface area contributed by atoms with E-state index in [1.54, 1.807) is 0 Å². The minimum absolute atomic E-state index is 0.0622. The Morgan fingerprint density at radius 1 is 0.508 bits per heavy atom. The number of unbranched alkanes of at least 4 members (excludes halogenated alkanes) is 23. The number of allylic oxidation sites excluding steroid dienone is 4. The molecule has 0 aromatic carbocycles. The van der Waals surface area contributed by atoms with E-state index in [2.05, 4.69) is 38.2 Å². The maximum atomic E-state index is 13.0. The van der Waals surface area contributed by atoms with Gasteiger partial charge in [0.25, 0.3) is 0 Å². The molecule has 0 aromatic heterocycles. The smallest absolute Gasteiger partial charge is 0.306 e. The van der Waals surface area contributed by atoms with Crippen molar-refractivity contribution in [2.45, 2.75) is 261 Å². The highest BCUT2D eigenvalue weighted by atomic mass is 16.7. The average molecular weight is 931 g/mol. The van der Waals surface area contributed by atoms with Crippen LogP contribution in [0.15, 0.2) is 24.3 Å². The number of aliphatic hydroxyl groups excluding tert-OH is 7. The number of aliphatic hydroxyl groups is 7. The van der Waals surface area contributed by atoms with E-state index in [9.17, 15) is 40.5 Å². The summed E-state index contributed by atoms with van der Waals surface area (Å²) in [6, 6.07) is 0. The van der Waals surface area contributed by atoms with Crippen LogP contribution in [0, 0.1) is 0 Å². The molecule has 0 amide bonds. The molecule has 0 bridgehead atoms. The number of hydrogen-bond donors (Lipinski definition) is 7. The second-order valence-corrected chi connectivity index (χ2v) is 18.3. The van der Waals surface area contributed by atoms with Gasteiger partial charge in [-0.3, -0.25) is 4.79 Å². The van der Waals surface area contributed by atoms with Crippen molar-refractivity contribution in [3.63, 3.8) is 0 Å². The summed E-state index contributed by atoms with van der Waals surface area (Å²) in [5.41, 5.74) is 0. The van der Waals surface area contributed by atoms with Gasteiger partial charge in [0.1, 0.15) is 54.9 Å². The lowest BCUT2D eigenvalue weighted by Crippen LogP contribution is -2.61. The van der Waals surface area contributed by atoms with Gasteiger partial charge in [0.05, 0.1) is 26.4 Å². The van der Waals surface area contributed by atoms with Crippen molar-refractivity contribution >= 4 is 5.97 Å². The molecule has 14 nitrogen and oxygen atoms in total. The molecular formula is C51H94O14. The Morgan fingerprint density at radius 2 is 0.954 bits per heavy atom. The zero-order valence-corrected chi connectivity index (χ0v) is 40.5. The van der Waals surface area contributed by atoms with Crippen LogP contribution in [0.4, 0.5) is 0 Å². The first kappa shape index (κ1) is 59.6. The average Bonchev–Trinajstić information content (AvgIpc) is 3.30. The van der Waals surface area contributed by atoms with E-state index >= 15 is 0 Å². The minimum Gasteiger partial charge on any atom is -0.457 e. The second-order valence-electron chi connectivity index (χ2n) is 18.3. The summed E-state index contributed by atoms with van der Waals surface area (Å²) >= 11 is 0. The van der Waals surface area contributed by atoms with Crippen LogP contribution in [0.2, 0.25) is 0 Å². The summed E-state index contributed by atoms with van der Waals surface area (Å²) < 4.78 is 34.3. The molecule has 65 heavy (non-hydrogen) atoms. The van der Waals surface area contributed by atoms with Crippen molar-refractivity contribution in [1.82, 2.24) is 0 Å². The summed E-state index contributed by atoms with van der Waals surface area (Å²) in [6.07, 6.45) is 25.2. The van der Waals surface area contributed by atoms with E-state index in [1.165, 1.54) is 116 Å². The first-order chi connectivity index (χ1) is 31.6. The fourth-order valence-electron chi connectivity index (χ4n) is 8.20. The van der Waals surface area contributed by atoms with Crippen LogP contribution in [0.1, 0.15) is 194 Å². The van der Waals surface area contributed by atoms with E-state index in [-0.39, 0.29) is 25.6 Å². The summed E-state index contributed by atoms with van der Waals surface area (Å²) in [6.45, 7) is 3.68. The van der Waals surface area contributed by atoms with Crippen molar-refractivity contribution in [1.29, 1.82) is 0 Å². The van der Waals surface area contributed by atoms with Gasteiger partial charge in [-0.15, -0.1) is 0 Å². The summed E-state index contributed by atoms with van der Waals surface area (Å²) in [7, 11) is 0. The maximum Gasteiger partial charge on any atom is 0.306 e. The summed E-state index contributed by atoms with van der Waals surface area (Å²) in [4.78, 5) is 13.0. The number of carbonyl (C=O) groups is 1. The standard InChI is InChI=1S/C51H94O14/c1-3-5-7-9-11-13-15-17-18-19-20-21-22-24-26-28-30-32-34-43(53)63-40(37-60-35-33-31-29-27-25-23-16-14-12-10-8-6-4-2)38-61-50-49(59)47(57)45(55)42(65-50)39-62-51-48(58)46(56)44(54)41(36-52)64-51/h13,15,18-19,40-42,44-52,54-59H,3-12,14,16-17,20-39H2,1-2H3/b15-13-,19-18-. The van der Waals surface area contributed by atoms with Crippen LogP contribution in [0.3, 0.4) is 0 Å². The van der Waals surface area contributed by atoms with E-state index in [4.69, 9.17) is 28.4 Å². The molecule has 11 unspecified atom stereocenters. The van der Waals surface area contributed by atoms with Crippen molar-refractivity contribution in [2.75, 3.05) is 33.0 Å². The molecule has 2 rings (SSSR count). The number of hydrogen-bond acceptors (Lipinski definition) is 14. The summed E-state index contributed by atoms with van der Waals surface area (Å²) in [5, 5.41) is 72.1. The molecule has 11 atom stereocenters. The topological polar surface area (TPSA) is 214 Å². The molecular weight excluding hydrogens is 837 g/mol. The van der Waals surface area contributed by atoms with E-state index in [0.717, 1.165) is 51.4 Å². The third-order valence-corrected chi connectivity index (χ3v) is 12.5. The van der Waals surface area contributed by atoms with Crippen molar-refractivity contribution in [2.24, 2.45) is 0 Å². The minimum atomic E-state index is -1.70. The SMILES string of the molecule is CCCCCC/C=C\C/C=C\CCCCCCCCCC(=O)OC(COCCCCCCCCCCCCCCC)COC1OC(COC2OC(CO)C(O)C(O)C2O)C(O)C(O)C1O. The number of rotatable bonds is 41. The van der Waals surface area contributed by atoms with Gasteiger partial charge in [-0.05, 0) is 44.9 Å². The molecule has 2 heterocycles. The fraction of sp³-hybridized carbons (Fsp3) is 0.902. The Labute approximate surface area is 392 Å². The van der Waals surface area contributed by atoms with Crippen LogP contribution in [0.5, 0.6) is 0 Å². The highest BCUT2D eigenvalue weighted by molar-refractivity contribution is 5.69. The molecule has 2 aliphatic heterocycles. The Bertz CT molecular complexity index is 1170. The van der Waals surface area contributed by atoms with Crippen LogP contribution >= 0.6 is 0 Å². The van der Waals surface area contributed by atoms with Gasteiger partial charge in [0.2, 0.25) is 0 Å². The van der Waals surface area contributed by atoms with Crippen LogP contribution in [-0.4, -0.2) is 142 Å². The second kappa shape index (κ2) is 39.3. The molecule has 382 valence electrons. The van der Waals surface area contributed by atoms with Gasteiger partial charge < -0.3 is 64.2 Å². The molecule has 2 saturated heterocycles. The molecule has 0 radical (unpaired) electrons. The van der Waals surface area contributed by atoms with E-state index in [0.29, 0.717) is 13.0 Å². The van der Waals surface area contributed by atoms with Gasteiger partial charge in [-0.1, -0.05) is 167 Å². The molecule has 7 N–H and O–H groups in total. The molecule has 2 fully saturated rings. The van der Waals surface area contributed by atoms with Crippen molar-refractivity contribution in [3.8, 4) is 0 Å². The van der Waals surface area contributed by atoms with Gasteiger partial charge in [0.15, 0.2) is 12.6 Å². The Balaban J connectivity index is 1.76. The van der Waals surface area contributed by atoms with Gasteiger partial charge in [-0.2, -0.15) is 0 Å². The van der Waals surface area contributed by atoms with Gasteiger partial charge in [0, 0.05) is 13.0 Å². The van der Waals surface area contributed by atoms with Crippen LogP contribution in [0.25, 0.3) is 0 Å². The first-order valence-corrected chi connectivity index (χ1v) is 25.9. The van der Waals surface area contributed by atoms with Crippen molar-refractivity contribution < 1.29 is 69.0 Å². The molecule has 0 aromatic rings. The lowest BCUT2D eigenvalue weighted by Gasteiger charge is -2.42. The third kappa shape index (κ3) is 27.3. The molecule has 2 aliphatic rings. The number of ether oxygens (including phenoxy) is 6. The predicted molar refractivity (Wildman–Crippen MR) is 252 cm³/mol. The largest absolute Gasteiger partial charge is 0.457 e. The highest BCUT2D eigenvalue weighted by Gasteiger charge is 2.47. The quantitative estimate of drug-likeness (QED) is 0.0179. The Morgan fingerprint density at radius 3 is 1.49 bits per heavy atom. The third-order valence-electron chi connectivity index (χ3n) is 12.5. The van der Waals surface area contributed by atoms with E-state index in [1.807, 2.05) is 0 Å². The van der Waals surface area contributed by atoms with Gasteiger partial charge in [-0.25, -0.2) is 0 Å². The molecule has 14 heteroatoms. The Hall–Kier alpha value is -1.53. The lowest BCUT2D eigenvalue weighted by atomic mass is 9.98. The summed E-state index contributed by atoms with van der Waals surface area (Å²) in [5.74, 6) is -0.382. The van der Waals surface area contributed by atoms with Gasteiger partial charge >= 0.3 is 5.97 Å². The molecule has 0 spiro atoms. The van der Waals surface area contributed by atoms with Crippen LogP contribution in [-0.2, 0) is 33.2 Å². The lowest BCUT2D eigenvalue weighted by molar-refractivity contribution is -0.332. The zero-order valence-electron chi connectivity index (χ0n) is 40.5. The highest BCUT2D eigenvalue weighted by Crippen LogP contribution is 2.26. The monoisotopic (exact) mass is 931 g/mol. The fourth-order valence-corrected chi connectivity index (χ4v) is 8.20. The predicted octanol–water partition coefficient (Wildman–Crippen LogP) is 7.63. The normalized spacial score (nSPS) is 26.7.